The van der Waals surface area contributed by atoms with Crippen LogP contribution in [0.1, 0.15) is 44.4 Å². The number of fused-ring (bicyclic) bond motifs is 2. The van der Waals surface area contributed by atoms with E-state index in [1.165, 1.54) is 12.1 Å². The molecular weight excluding hydrogens is 776 g/mol. The minimum Gasteiger partial charge on any atom is -0.748 e. The molecule has 13 nitrogen and oxygen atoms in total. The summed E-state index contributed by atoms with van der Waals surface area (Å²) in [6.07, 6.45) is 4.87. The summed E-state index contributed by atoms with van der Waals surface area (Å²) in [7, 11) is -13.9. The van der Waals surface area contributed by atoms with Crippen molar-refractivity contribution >= 4 is 53.7 Å². The van der Waals surface area contributed by atoms with E-state index in [9.17, 15) is 44.2 Å². The first-order chi connectivity index (χ1) is 20.2. The molecule has 47 heavy (non-hydrogen) atoms. The van der Waals surface area contributed by atoms with Crippen LogP contribution in [0.3, 0.4) is 0 Å². The topological polar surface area (TPSA) is 214 Å². The summed E-state index contributed by atoms with van der Waals surface area (Å²) in [5.41, 5.74) is 1.65. The molecule has 0 saturated carbocycles. The van der Waals surface area contributed by atoms with E-state index < -0.39 is 57.6 Å². The fraction of sp³-hybridized carbons (Fsp3) is 0.333. The Morgan fingerprint density at radius 2 is 1.55 bits per heavy atom. The summed E-state index contributed by atoms with van der Waals surface area (Å²) < 4.78 is 108. The quantitative estimate of drug-likeness (QED) is 0.0736. The molecule has 0 aromatic heterocycles. The van der Waals surface area contributed by atoms with Gasteiger partial charge in [-0.1, -0.05) is 45.9 Å². The molecule has 2 aliphatic rings. The number of benzene rings is 2. The molecule has 0 spiro atoms. The van der Waals surface area contributed by atoms with Gasteiger partial charge >= 0.3 is 154 Å². The van der Waals surface area contributed by atoms with Crippen LogP contribution in [0.4, 0.5) is 5.69 Å². The number of anilines is 1. The molecule has 0 saturated heterocycles. The molecule has 1 aliphatic carbocycles. The Morgan fingerprint density at radius 3 is 2.11 bits per heavy atom. The Balaban J connectivity index is 0.00000368. The zero-order chi connectivity index (χ0) is 32.9. The first-order valence-electron chi connectivity index (χ1n) is 12.8. The standard InChI is InChI=1S/C27H31NO12S4.3K/c1-26(2)21(20(16-43(33,34)35)19-10-8-17(14-22(19)26)41-40-39-29)6-5-7-25-27(3,4)23-15-18(44(36,37)38)9-11-24(23)28(25)12-13-42(30,31)32;;;/h5-11,14-15,29H,12-13,16H2,1-4H3,(H,30,31,32)(H,33,34,35)(H,36,37,38);;;/q;3*+1/p-3/b6-5+,25-7+;;;. The maximum absolute atomic E-state index is 12.0. The van der Waals surface area contributed by atoms with Crippen LogP contribution in [0.25, 0.3) is 5.57 Å². The number of hydrogen-bond donors (Lipinski definition) is 1. The van der Waals surface area contributed by atoms with Crippen molar-refractivity contribution in [3.8, 4) is 0 Å². The van der Waals surface area contributed by atoms with Gasteiger partial charge in [0.25, 0.3) is 10.1 Å². The van der Waals surface area contributed by atoms with Crippen molar-refractivity contribution in [1.29, 1.82) is 0 Å². The minimum atomic E-state index is -4.80. The van der Waals surface area contributed by atoms with Crippen LogP contribution in [-0.4, -0.2) is 57.0 Å². The van der Waals surface area contributed by atoms with Gasteiger partial charge in [0, 0.05) is 33.7 Å². The molecule has 1 heterocycles. The molecule has 20 heteroatoms. The van der Waals surface area contributed by atoms with Crippen molar-refractivity contribution in [3.05, 3.63) is 82.6 Å². The molecule has 2 aromatic carbocycles. The second kappa shape index (κ2) is 18.1. The fourth-order valence-electron chi connectivity index (χ4n) is 5.71. The average molecular weight is 804 g/mol. The van der Waals surface area contributed by atoms with Gasteiger partial charge in [-0.25, -0.2) is 16.8 Å². The normalized spacial score (nSPS) is 17.6. The van der Waals surface area contributed by atoms with Crippen LogP contribution in [-0.2, 0) is 50.6 Å². The molecule has 0 atom stereocenters. The summed E-state index contributed by atoms with van der Waals surface area (Å²) in [6, 6.07) is 8.64. The summed E-state index contributed by atoms with van der Waals surface area (Å²) >= 11 is 0.664. The van der Waals surface area contributed by atoms with Crippen molar-refractivity contribution in [2.45, 2.75) is 48.3 Å². The van der Waals surface area contributed by atoms with Crippen LogP contribution in [0, 0.1) is 0 Å². The number of allylic oxidation sites excluding steroid dienone is 5. The second-order valence-corrected chi connectivity index (χ2v) is 16.4. The van der Waals surface area contributed by atoms with Gasteiger partial charge in [0.15, 0.2) is 0 Å². The van der Waals surface area contributed by atoms with E-state index in [-0.39, 0.29) is 161 Å². The smallest absolute Gasteiger partial charge is 0.748 e. The van der Waals surface area contributed by atoms with Crippen LogP contribution in [0.5, 0.6) is 0 Å². The Bertz CT molecular complexity index is 1920. The molecule has 0 unspecified atom stereocenters. The van der Waals surface area contributed by atoms with Gasteiger partial charge in [-0.3, -0.25) is 9.59 Å². The molecule has 0 radical (unpaired) electrons. The number of hydrogen-bond acceptors (Lipinski definition) is 13. The van der Waals surface area contributed by atoms with Gasteiger partial charge in [0.1, 0.15) is 15.9 Å². The first-order valence-corrected chi connectivity index (χ1v) is 18.2. The third kappa shape index (κ3) is 11.4. The Kier molecular flexibility index (Phi) is 18.2. The van der Waals surface area contributed by atoms with Crippen LogP contribution < -0.4 is 164 Å². The monoisotopic (exact) mass is 803 g/mol. The van der Waals surface area contributed by atoms with Gasteiger partial charge in [-0.05, 0) is 64.2 Å². The van der Waals surface area contributed by atoms with E-state index in [2.05, 4.69) is 9.37 Å². The maximum atomic E-state index is 12.0. The van der Waals surface area contributed by atoms with Crippen molar-refractivity contribution in [2.24, 2.45) is 0 Å². The molecule has 0 bridgehead atoms. The maximum Gasteiger partial charge on any atom is 1.00 e. The van der Waals surface area contributed by atoms with E-state index in [4.69, 9.17) is 0 Å². The number of rotatable bonds is 11. The largest absolute Gasteiger partial charge is 1.00 e. The molecule has 4 rings (SSSR count). The van der Waals surface area contributed by atoms with E-state index in [1.54, 1.807) is 55.2 Å². The molecule has 0 amide bonds. The van der Waals surface area contributed by atoms with Crippen LogP contribution in [0.15, 0.2) is 75.7 Å². The fourth-order valence-corrected chi connectivity index (χ4v) is 7.69. The predicted octanol–water partition coefficient (Wildman–Crippen LogP) is -6.45. The van der Waals surface area contributed by atoms with Gasteiger partial charge in [0.2, 0.25) is 0 Å². The minimum absolute atomic E-state index is 0. The zero-order valence-corrected chi connectivity index (χ0v) is 39.5. The Morgan fingerprint density at radius 1 is 0.915 bits per heavy atom. The van der Waals surface area contributed by atoms with Gasteiger partial charge in [-0.15, -0.1) is 0 Å². The van der Waals surface area contributed by atoms with Gasteiger partial charge in [-0.2, -0.15) is 12.8 Å². The van der Waals surface area contributed by atoms with Crippen LogP contribution in [0.2, 0.25) is 0 Å². The van der Waals surface area contributed by atoms with E-state index >= 15 is 0 Å². The molecule has 1 N–H and O–H groups in total. The Labute approximate surface area is 407 Å². The number of nitrogens with zero attached hydrogens (tertiary/aromatic N) is 1. The summed E-state index contributed by atoms with van der Waals surface area (Å²) in [4.78, 5) is 1.59. The summed E-state index contributed by atoms with van der Waals surface area (Å²) in [5, 5.41) is 13.7. The van der Waals surface area contributed by atoms with Gasteiger partial charge in [0.05, 0.1) is 32.8 Å². The zero-order valence-electron chi connectivity index (χ0n) is 26.8. The van der Waals surface area contributed by atoms with Crippen molar-refractivity contribution in [2.75, 3.05) is 23.0 Å². The molecule has 0 fully saturated rings. The second-order valence-electron chi connectivity index (χ2n) is 11.3. The van der Waals surface area contributed by atoms with Crippen molar-refractivity contribution in [1.82, 2.24) is 0 Å². The SMILES string of the molecule is CC1(C)C(/C=C/C=C2/N(CCS(=O)(=O)[O-])c3ccc(S(=O)(=O)[O-])cc3C2(C)C)=C(CS(=O)(=O)O)c2ccc(SOO[O-])cc21.[K+].[K+].[K+]. The predicted molar refractivity (Wildman–Crippen MR) is 157 cm³/mol. The molecule has 240 valence electrons. The molecule has 1 aliphatic heterocycles. The van der Waals surface area contributed by atoms with Gasteiger partial charge < -0.3 is 19.3 Å². The average Bonchev–Trinajstić information content (AvgIpc) is 3.22. The van der Waals surface area contributed by atoms with E-state index in [0.717, 1.165) is 6.07 Å². The third-order valence-corrected chi connectivity index (χ3v) is 10.4. The van der Waals surface area contributed by atoms with E-state index in [1.807, 2.05) is 13.8 Å². The summed E-state index contributed by atoms with van der Waals surface area (Å²) in [5.74, 6) is -1.44. The molecule has 2 aromatic rings. The first kappa shape index (κ1) is 47.3. The Hall–Kier alpha value is 2.33. The van der Waals surface area contributed by atoms with Crippen LogP contribution >= 0.6 is 12.0 Å². The third-order valence-electron chi connectivity index (χ3n) is 7.71. The molecular formula is C27H28K3NO12S4. The van der Waals surface area contributed by atoms with E-state index in [0.29, 0.717) is 56.2 Å². The van der Waals surface area contributed by atoms with Crippen molar-refractivity contribution in [3.63, 3.8) is 0 Å². The van der Waals surface area contributed by atoms with Crippen molar-refractivity contribution < 1.29 is 208 Å². The summed E-state index contributed by atoms with van der Waals surface area (Å²) in [6.45, 7) is 6.89.